The third-order valence-electron chi connectivity index (χ3n) is 10.1. The van der Waals surface area contributed by atoms with Crippen molar-refractivity contribution in [2.24, 2.45) is 0 Å². The molecule has 0 unspecified atom stereocenters. The molecule has 1 aromatic heterocycles. The van der Waals surface area contributed by atoms with Crippen LogP contribution in [0.15, 0.2) is 170 Å². The number of rotatable bonds is 2. The number of hydrogen-bond acceptors (Lipinski definition) is 2. The van der Waals surface area contributed by atoms with Crippen molar-refractivity contribution in [1.29, 1.82) is 0 Å². The van der Waals surface area contributed by atoms with Gasteiger partial charge in [0.25, 0.3) is 0 Å². The second-order valence-electron chi connectivity index (χ2n) is 12.3. The molecule has 1 aliphatic carbocycles. The maximum Gasteiger partial charge on any atom is 0.0780 e. The van der Waals surface area contributed by atoms with Gasteiger partial charge in [-0.1, -0.05) is 121 Å². The van der Waals surface area contributed by atoms with Gasteiger partial charge in [0.15, 0.2) is 0 Å². The Bertz CT molecular complexity index is 2450. The molecule has 0 amide bonds. The number of benzene rings is 7. The van der Waals surface area contributed by atoms with Crippen LogP contribution in [0.3, 0.4) is 0 Å². The molecule has 214 valence electrons. The van der Waals surface area contributed by atoms with Gasteiger partial charge in [-0.15, -0.1) is 0 Å². The van der Waals surface area contributed by atoms with Gasteiger partial charge < -0.3 is 4.90 Å². The topological polar surface area (TPSA) is 16.1 Å². The third-order valence-corrected chi connectivity index (χ3v) is 10.1. The van der Waals surface area contributed by atoms with E-state index < -0.39 is 5.41 Å². The monoisotopic (exact) mass is 584 g/mol. The zero-order chi connectivity index (χ0) is 30.2. The lowest BCUT2D eigenvalue weighted by Crippen LogP contribution is -2.36. The van der Waals surface area contributed by atoms with E-state index in [0.717, 1.165) is 16.6 Å². The summed E-state index contributed by atoms with van der Waals surface area (Å²) in [4.78, 5) is 7.18. The average molecular weight is 585 g/mol. The second kappa shape index (κ2) is 9.50. The Balaban J connectivity index is 1.24. The van der Waals surface area contributed by atoms with E-state index in [9.17, 15) is 0 Å². The molecule has 0 saturated heterocycles. The molecule has 46 heavy (non-hydrogen) atoms. The largest absolute Gasteiger partial charge is 0.310 e. The summed E-state index contributed by atoms with van der Waals surface area (Å²) in [6.45, 7) is 0. The van der Waals surface area contributed by atoms with Crippen LogP contribution in [0.1, 0.15) is 22.3 Å². The third kappa shape index (κ3) is 3.33. The molecule has 2 heterocycles. The average Bonchev–Trinajstić information content (AvgIpc) is 3.42. The number of aromatic nitrogens is 1. The highest BCUT2D eigenvalue weighted by atomic mass is 15.2. The van der Waals surface area contributed by atoms with Gasteiger partial charge in [0.1, 0.15) is 0 Å². The Kier molecular flexibility index (Phi) is 5.24. The molecule has 2 heteroatoms. The zero-order valence-electron chi connectivity index (χ0n) is 25.1. The van der Waals surface area contributed by atoms with Crippen LogP contribution >= 0.6 is 0 Å². The van der Waals surface area contributed by atoms with Gasteiger partial charge in [-0.3, -0.25) is 4.98 Å². The SMILES string of the molecule is c1ccc(N2c3ccccc3C3(c4ccccc4-c4cc(-c5ccc6ccc7cccnc7c6c5)ccc43)c3ccccc32)cc1. The van der Waals surface area contributed by atoms with Crippen LogP contribution in [-0.4, -0.2) is 4.98 Å². The molecule has 0 atom stereocenters. The van der Waals surface area contributed by atoms with Crippen molar-refractivity contribution in [1.82, 2.24) is 4.98 Å². The first kappa shape index (κ1) is 25.3. The maximum atomic E-state index is 4.76. The van der Waals surface area contributed by atoms with E-state index in [2.05, 4.69) is 163 Å². The molecule has 0 bridgehead atoms. The number of hydrogen-bond donors (Lipinski definition) is 0. The summed E-state index contributed by atoms with van der Waals surface area (Å²) in [6.07, 6.45) is 1.89. The van der Waals surface area contributed by atoms with Gasteiger partial charge in [0.2, 0.25) is 0 Å². The van der Waals surface area contributed by atoms with Crippen molar-refractivity contribution >= 4 is 38.7 Å². The van der Waals surface area contributed by atoms with Crippen LogP contribution in [0.25, 0.3) is 43.9 Å². The maximum absolute atomic E-state index is 4.76. The lowest BCUT2D eigenvalue weighted by atomic mass is 9.64. The van der Waals surface area contributed by atoms with Crippen molar-refractivity contribution in [3.8, 4) is 22.3 Å². The minimum Gasteiger partial charge on any atom is -0.310 e. The number of nitrogens with zero attached hydrogens (tertiary/aromatic N) is 2. The molecular formula is C44H28N2. The quantitative estimate of drug-likeness (QED) is 0.188. The molecule has 10 rings (SSSR count). The number of pyridine rings is 1. The van der Waals surface area contributed by atoms with Crippen LogP contribution in [0.4, 0.5) is 17.1 Å². The van der Waals surface area contributed by atoms with Crippen molar-refractivity contribution in [3.63, 3.8) is 0 Å². The van der Waals surface area contributed by atoms with Crippen molar-refractivity contribution in [2.45, 2.75) is 5.41 Å². The summed E-state index contributed by atoms with van der Waals surface area (Å²) < 4.78 is 0. The minimum absolute atomic E-state index is 0.438. The first-order valence-corrected chi connectivity index (χ1v) is 15.9. The Labute approximate surface area is 267 Å². The van der Waals surface area contributed by atoms with Gasteiger partial charge in [0, 0.05) is 22.7 Å². The lowest BCUT2D eigenvalue weighted by Gasteiger charge is -2.45. The normalized spacial score (nSPS) is 13.8. The highest BCUT2D eigenvalue weighted by Crippen LogP contribution is 2.63. The Morgan fingerprint density at radius 1 is 0.435 bits per heavy atom. The van der Waals surface area contributed by atoms with Gasteiger partial charge in [0.05, 0.1) is 22.3 Å². The van der Waals surface area contributed by atoms with E-state index in [4.69, 9.17) is 4.98 Å². The predicted molar refractivity (Wildman–Crippen MR) is 190 cm³/mol. The standard InChI is InChI=1S/C44H28N2/c1-2-12-33(13-3-1)46-41-18-8-6-16-39(41)44(40-17-7-9-19-42(40)46)37-15-5-4-14-34(37)36-28-32(24-25-38(36)44)31-23-21-29-20-22-30-11-10-26-45-43(30)35(29)27-31/h1-28H. The second-order valence-corrected chi connectivity index (χ2v) is 12.3. The Morgan fingerprint density at radius 2 is 1.04 bits per heavy atom. The zero-order valence-corrected chi connectivity index (χ0v) is 25.1. The molecule has 1 aliphatic heterocycles. The molecule has 0 N–H and O–H groups in total. The number of anilines is 3. The van der Waals surface area contributed by atoms with E-state index in [1.165, 1.54) is 66.7 Å². The van der Waals surface area contributed by atoms with E-state index in [1.807, 2.05) is 12.3 Å². The van der Waals surface area contributed by atoms with E-state index >= 15 is 0 Å². The fraction of sp³-hybridized carbons (Fsp3) is 0.0227. The first-order chi connectivity index (χ1) is 22.8. The van der Waals surface area contributed by atoms with Crippen LogP contribution in [0.5, 0.6) is 0 Å². The molecule has 0 fully saturated rings. The fourth-order valence-corrected chi connectivity index (χ4v) is 8.19. The molecule has 1 spiro atoms. The van der Waals surface area contributed by atoms with Gasteiger partial charge in [-0.2, -0.15) is 0 Å². The molecule has 2 aliphatic rings. The highest BCUT2D eigenvalue weighted by Gasteiger charge is 2.51. The van der Waals surface area contributed by atoms with Crippen molar-refractivity contribution in [2.75, 3.05) is 4.90 Å². The summed E-state index contributed by atoms with van der Waals surface area (Å²) in [6, 6.07) is 60.1. The summed E-state index contributed by atoms with van der Waals surface area (Å²) in [5.41, 5.74) is 14.5. The summed E-state index contributed by atoms with van der Waals surface area (Å²) in [5, 5.41) is 3.55. The number of para-hydroxylation sites is 3. The number of fused-ring (bicyclic) bond motifs is 12. The van der Waals surface area contributed by atoms with E-state index in [1.54, 1.807) is 0 Å². The molecule has 0 radical (unpaired) electrons. The molecular weight excluding hydrogens is 556 g/mol. The Morgan fingerprint density at radius 3 is 1.85 bits per heavy atom. The smallest absolute Gasteiger partial charge is 0.0780 e. The van der Waals surface area contributed by atoms with Gasteiger partial charge >= 0.3 is 0 Å². The van der Waals surface area contributed by atoms with Crippen LogP contribution in [0, 0.1) is 0 Å². The molecule has 0 saturated carbocycles. The van der Waals surface area contributed by atoms with Gasteiger partial charge in [-0.05, 0) is 92.4 Å². The summed E-state index contributed by atoms with van der Waals surface area (Å²) >= 11 is 0. The molecule has 8 aromatic rings. The van der Waals surface area contributed by atoms with Crippen LogP contribution in [0.2, 0.25) is 0 Å². The lowest BCUT2D eigenvalue weighted by molar-refractivity contribution is 0.753. The summed E-state index contributed by atoms with van der Waals surface area (Å²) in [5.74, 6) is 0. The first-order valence-electron chi connectivity index (χ1n) is 15.9. The predicted octanol–water partition coefficient (Wildman–Crippen LogP) is 11.2. The summed E-state index contributed by atoms with van der Waals surface area (Å²) in [7, 11) is 0. The van der Waals surface area contributed by atoms with Crippen molar-refractivity contribution < 1.29 is 0 Å². The fourth-order valence-electron chi connectivity index (χ4n) is 8.19. The van der Waals surface area contributed by atoms with E-state index in [0.29, 0.717) is 0 Å². The molecule has 2 nitrogen and oxygen atoms in total. The van der Waals surface area contributed by atoms with Gasteiger partial charge in [-0.25, -0.2) is 0 Å². The molecule has 7 aromatic carbocycles. The van der Waals surface area contributed by atoms with Crippen LogP contribution < -0.4 is 4.90 Å². The van der Waals surface area contributed by atoms with Crippen LogP contribution in [-0.2, 0) is 5.41 Å². The van der Waals surface area contributed by atoms with Crippen molar-refractivity contribution in [3.05, 3.63) is 192 Å². The highest BCUT2D eigenvalue weighted by molar-refractivity contribution is 6.07. The van der Waals surface area contributed by atoms with E-state index in [-0.39, 0.29) is 0 Å². The Hall–Kier alpha value is -5.99. The minimum atomic E-state index is -0.438.